The van der Waals surface area contributed by atoms with Gasteiger partial charge in [0.25, 0.3) is 0 Å². The van der Waals surface area contributed by atoms with Gasteiger partial charge >= 0.3 is 23.7 Å². The number of hydrogen-bond donors (Lipinski definition) is 0. The lowest BCUT2D eigenvalue weighted by molar-refractivity contribution is -0.352. The van der Waals surface area contributed by atoms with E-state index < -0.39 is 33.3 Å². The molecule has 9 heteroatoms. The summed E-state index contributed by atoms with van der Waals surface area (Å²) in [6, 6.07) is 0. The zero-order valence-electron chi connectivity index (χ0n) is 6.48. The maximum atomic E-state index is 12.6. The molecule has 0 aromatic carbocycles. The molecule has 0 saturated carbocycles. The van der Waals surface area contributed by atoms with Crippen LogP contribution in [0.2, 0.25) is 0 Å². The van der Waals surface area contributed by atoms with Crippen LogP contribution in [0.1, 0.15) is 0 Å². The predicted octanol–water partition coefficient (Wildman–Crippen LogP) is 3.86. The van der Waals surface area contributed by atoms with Crippen molar-refractivity contribution in [3.05, 3.63) is 9.66 Å². The average Bonchev–Trinajstić information content (AvgIpc) is 2.00. The summed E-state index contributed by atoms with van der Waals surface area (Å²) >= 11 is 0.484. The maximum Gasteiger partial charge on any atom is 0.383 e. The van der Waals surface area contributed by atoms with Gasteiger partial charge in [-0.1, -0.05) is 0 Å². The third-order valence-corrected chi connectivity index (χ3v) is 2.80. The first-order valence-corrected chi connectivity index (χ1v) is 4.36. The van der Waals surface area contributed by atoms with E-state index in [2.05, 4.69) is 0 Å². The summed E-state index contributed by atoms with van der Waals surface area (Å²) in [5.41, 5.74) is 0. The Morgan fingerprint density at radius 1 is 0.800 bits per heavy atom. The highest BCUT2D eigenvalue weighted by atomic mass is 127. The lowest BCUT2D eigenvalue weighted by Gasteiger charge is -2.39. The second kappa shape index (κ2) is 2.98. The van der Waals surface area contributed by atoms with Crippen LogP contribution >= 0.6 is 22.6 Å². The minimum atomic E-state index is -6.12. The summed E-state index contributed by atoms with van der Waals surface area (Å²) in [5.74, 6) is -22.8. The Labute approximate surface area is 91.5 Å². The molecule has 0 aromatic rings. The fourth-order valence-corrected chi connectivity index (χ4v) is 1.63. The van der Waals surface area contributed by atoms with Gasteiger partial charge in [-0.15, -0.1) is 0 Å². The Bertz CT molecular complexity index is 317. The second-order valence-corrected chi connectivity index (χ2v) is 4.00. The topological polar surface area (TPSA) is 0 Å². The standard InChI is InChI=1S/C6HF8I/c7-3(8)1-2(15)4(9,10)6(13,14)5(3,11)12/h1H. The lowest BCUT2D eigenvalue weighted by Crippen LogP contribution is -2.64. The average molecular weight is 352 g/mol. The molecule has 1 rings (SSSR count). The molecule has 15 heavy (non-hydrogen) atoms. The summed E-state index contributed by atoms with van der Waals surface area (Å²) in [7, 11) is 0. The maximum absolute atomic E-state index is 12.6. The van der Waals surface area contributed by atoms with Crippen LogP contribution in [0.15, 0.2) is 9.66 Å². The third-order valence-electron chi connectivity index (χ3n) is 1.82. The van der Waals surface area contributed by atoms with Crippen molar-refractivity contribution in [1.29, 1.82) is 0 Å². The van der Waals surface area contributed by atoms with E-state index in [4.69, 9.17) is 0 Å². The van der Waals surface area contributed by atoms with Crippen LogP contribution in [0.5, 0.6) is 0 Å². The highest BCUT2D eigenvalue weighted by Crippen LogP contribution is 2.60. The van der Waals surface area contributed by atoms with E-state index in [0.29, 0.717) is 22.6 Å². The molecular weight excluding hydrogens is 351 g/mol. The van der Waals surface area contributed by atoms with Crippen LogP contribution in [0.4, 0.5) is 35.1 Å². The Hall–Kier alpha value is -0.0900. The molecule has 0 bridgehead atoms. The van der Waals surface area contributed by atoms with Crippen LogP contribution in [-0.2, 0) is 0 Å². The quantitative estimate of drug-likeness (QED) is 0.459. The van der Waals surface area contributed by atoms with Gasteiger partial charge in [-0.25, -0.2) is 0 Å². The van der Waals surface area contributed by atoms with E-state index >= 15 is 0 Å². The number of rotatable bonds is 0. The Kier molecular flexibility index (Phi) is 2.57. The Balaban J connectivity index is 3.49. The monoisotopic (exact) mass is 352 g/mol. The molecule has 0 fully saturated rings. The fourth-order valence-electron chi connectivity index (χ4n) is 0.897. The molecule has 0 nitrogen and oxygen atoms in total. The van der Waals surface area contributed by atoms with E-state index in [0.717, 1.165) is 0 Å². The van der Waals surface area contributed by atoms with Gasteiger partial charge < -0.3 is 0 Å². The molecule has 0 spiro atoms. The zero-order valence-corrected chi connectivity index (χ0v) is 8.64. The molecule has 0 N–H and O–H groups in total. The van der Waals surface area contributed by atoms with Crippen LogP contribution in [0, 0.1) is 0 Å². The van der Waals surface area contributed by atoms with E-state index in [-0.39, 0.29) is 0 Å². The third kappa shape index (κ3) is 1.37. The predicted molar refractivity (Wildman–Crippen MR) is 41.9 cm³/mol. The van der Waals surface area contributed by atoms with Gasteiger partial charge in [-0.2, -0.15) is 35.1 Å². The SMILES string of the molecule is FC1(F)C=C(I)C(F)(F)C(F)(F)C1(F)F. The second-order valence-electron chi connectivity index (χ2n) is 2.84. The van der Waals surface area contributed by atoms with Gasteiger partial charge in [0.05, 0.1) is 3.58 Å². The highest BCUT2D eigenvalue weighted by molar-refractivity contribution is 14.1. The van der Waals surface area contributed by atoms with Crippen LogP contribution in [0.25, 0.3) is 0 Å². The van der Waals surface area contributed by atoms with E-state index in [1.807, 2.05) is 0 Å². The number of hydrogen-bond acceptors (Lipinski definition) is 0. The molecule has 0 aromatic heterocycles. The molecule has 0 aliphatic heterocycles. The fraction of sp³-hybridized carbons (Fsp3) is 0.667. The van der Waals surface area contributed by atoms with Gasteiger partial charge in [0.1, 0.15) is 0 Å². The van der Waals surface area contributed by atoms with Gasteiger partial charge in [0.2, 0.25) is 0 Å². The van der Waals surface area contributed by atoms with Gasteiger partial charge in [-0.05, 0) is 22.6 Å². The first-order valence-electron chi connectivity index (χ1n) is 3.28. The number of halogens is 9. The van der Waals surface area contributed by atoms with E-state index in [1.165, 1.54) is 0 Å². The first-order chi connectivity index (χ1) is 6.38. The molecule has 0 heterocycles. The highest BCUT2D eigenvalue weighted by Gasteiger charge is 2.83. The largest absolute Gasteiger partial charge is 0.383 e. The minimum absolute atomic E-state index is 0.484. The van der Waals surface area contributed by atoms with Crippen molar-refractivity contribution in [3.8, 4) is 0 Å². The molecule has 0 atom stereocenters. The van der Waals surface area contributed by atoms with Crippen molar-refractivity contribution in [2.75, 3.05) is 0 Å². The van der Waals surface area contributed by atoms with Crippen LogP contribution < -0.4 is 0 Å². The smallest absolute Gasteiger partial charge is 0.195 e. The molecule has 0 unspecified atom stereocenters. The van der Waals surface area contributed by atoms with Gasteiger partial charge in [0, 0.05) is 6.08 Å². The van der Waals surface area contributed by atoms with Crippen molar-refractivity contribution < 1.29 is 35.1 Å². The van der Waals surface area contributed by atoms with Gasteiger partial charge in [0.15, 0.2) is 0 Å². The normalized spacial score (nSPS) is 30.9. The first kappa shape index (κ1) is 13.0. The van der Waals surface area contributed by atoms with Crippen molar-refractivity contribution in [3.63, 3.8) is 0 Å². The van der Waals surface area contributed by atoms with Crippen molar-refractivity contribution >= 4 is 22.6 Å². The zero-order chi connectivity index (χ0) is 12.3. The summed E-state index contributed by atoms with van der Waals surface area (Å²) in [5, 5.41) is 0. The minimum Gasteiger partial charge on any atom is -0.195 e. The molecule has 0 radical (unpaired) electrons. The number of allylic oxidation sites excluding steroid dienone is 2. The van der Waals surface area contributed by atoms with Crippen molar-refractivity contribution in [2.45, 2.75) is 23.7 Å². The van der Waals surface area contributed by atoms with Gasteiger partial charge in [-0.3, -0.25) is 0 Å². The molecule has 88 valence electrons. The van der Waals surface area contributed by atoms with E-state index in [9.17, 15) is 35.1 Å². The summed E-state index contributed by atoms with van der Waals surface area (Å²) in [6.07, 6.45) is -0.842. The molecule has 1 aliphatic carbocycles. The molecule has 0 saturated heterocycles. The van der Waals surface area contributed by atoms with Crippen molar-refractivity contribution in [1.82, 2.24) is 0 Å². The summed E-state index contributed by atoms with van der Waals surface area (Å²) in [4.78, 5) is 0. The molecule has 0 amide bonds. The van der Waals surface area contributed by atoms with E-state index in [1.54, 1.807) is 0 Å². The van der Waals surface area contributed by atoms with Crippen LogP contribution in [-0.4, -0.2) is 23.7 Å². The molecular formula is C6HF8I. The van der Waals surface area contributed by atoms with Crippen LogP contribution in [0.3, 0.4) is 0 Å². The number of alkyl halides is 8. The summed E-state index contributed by atoms with van der Waals surface area (Å²) < 4.78 is 98.0. The summed E-state index contributed by atoms with van der Waals surface area (Å²) in [6.45, 7) is 0. The van der Waals surface area contributed by atoms with Crippen molar-refractivity contribution in [2.24, 2.45) is 0 Å². The Morgan fingerprint density at radius 3 is 1.60 bits per heavy atom. The molecule has 1 aliphatic rings. The Morgan fingerprint density at radius 2 is 1.20 bits per heavy atom. The lowest BCUT2D eigenvalue weighted by atomic mass is 9.92.